The molecule has 2 aliphatic rings. The zero-order valence-corrected chi connectivity index (χ0v) is 10.5. The number of nitrogens with zero attached hydrogens (tertiary/aromatic N) is 1. The van der Waals surface area contributed by atoms with Gasteiger partial charge in [-0.3, -0.25) is 9.59 Å². The molecule has 1 heterocycles. The average Bonchev–Trinajstić information content (AvgIpc) is 2.21. The second kappa shape index (κ2) is 3.19. The number of hydrogen-bond donors (Lipinski definition) is 0. The van der Waals surface area contributed by atoms with Crippen LogP contribution in [0.2, 0.25) is 0 Å². The van der Waals surface area contributed by atoms with Gasteiger partial charge < -0.3 is 4.90 Å². The van der Waals surface area contributed by atoms with E-state index in [0.29, 0.717) is 19.4 Å². The van der Waals surface area contributed by atoms with Crippen molar-refractivity contribution in [2.75, 3.05) is 13.6 Å². The Morgan fingerprint density at radius 3 is 2.50 bits per heavy atom. The first-order valence-corrected chi connectivity index (χ1v) is 5.80. The van der Waals surface area contributed by atoms with Crippen LogP contribution in [0.25, 0.3) is 0 Å². The first kappa shape index (κ1) is 11.4. The van der Waals surface area contributed by atoms with Gasteiger partial charge in [-0.15, -0.1) is 0 Å². The predicted octanol–water partition coefficient (Wildman–Crippen LogP) is 1.78. The second-order valence-corrected chi connectivity index (χ2v) is 5.68. The number of hydrogen-bond acceptors (Lipinski definition) is 2. The van der Waals surface area contributed by atoms with Crippen LogP contribution in [0.15, 0.2) is 11.6 Å². The number of amides is 1. The molecule has 88 valence electrons. The van der Waals surface area contributed by atoms with Crippen molar-refractivity contribution in [2.24, 2.45) is 10.8 Å². The molecule has 3 heteroatoms. The van der Waals surface area contributed by atoms with Crippen molar-refractivity contribution in [3.63, 3.8) is 0 Å². The summed E-state index contributed by atoms with van der Waals surface area (Å²) in [6.07, 6.45) is 3.24. The third-order valence-electron chi connectivity index (χ3n) is 4.20. The average molecular weight is 221 g/mol. The molecule has 1 unspecified atom stereocenters. The topological polar surface area (TPSA) is 37.4 Å². The highest BCUT2D eigenvalue weighted by atomic mass is 16.2. The minimum Gasteiger partial charge on any atom is -0.341 e. The fourth-order valence-corrected chi connectivity index (χ4v) is 3.09. The van der Waals surface area contributed by atoms with E-state index in [1.807, 2.05) is 27.8 Å². The zero-order chi connectivity index (χ0) is 12.1. The molecular weight excluding hydrogens is 202 g/mol. The lowest BCUT2D eigenvalue weighted by Crippen LogP contribution is -2.52. The van der Waals surface area contributed by atoms with Crippen molar-refractivity contribution in [3.05, 3.63) is 11.6 Å². The Labute approximate surface area is 96.5 Å². The summed E-state index contributed by atoms with van der Waals surface area (Å²) in [6, 6.07) is 0. The largest absolute Gasteiger partial charge is 0.341 e. The standard InChI is InChI=1S/C13H19NO2/c1-12(2)9-6-8-14(4)11(16)13(9,3)7-5-10(12)15/h6H,5,7-8H2,1-4H3. The van der Waals surface area contributed by atoms with E-state index >= 15 is 0 Å². The van der Waals surface area contributed by atoms with Gasteiger partial charge in [0, 0.05) is 25.4 Å². The summed E-state index contributed by atoms with van der Waals surface area (Å²) in [6.45, 7) is 6.49. The lowest BCUT2D eigenvalue weighted by molar-refractivity contribution is -0.143. The molecule has 1 fully saturated rings. The Morgan fingerprint density at radius 2 is 1.88 bits per heavy atom. The number of carbonyl (C=O) groups is 2. The van der Waals surface area contributed by atoms with Gasteiger partial charge in [0.05, 0.1) is 5.41 Å². The molecule has 0 aromatic heterocycles. The molecule has 0 aromatic carbocycles. The van der Waals surface area contributed by atoms with Crippen molar-refractivity contribution in [2.45, 2.75) is 33.6 Å². The molecule has 1 aliphatic carbocycles. The fourth-order valence-electron chi connectivity index (χ4n) is 3.09. The quantitative estimate of drug-likeness (QED) is 0.585. The van der Waals surface area contributed by atoms with E-state index in [1.54, 1.807) is 4.90 Å². The first-order chi connectivity index (χ1) is 7.30. The Bertz CT molecular complexity index is 395. The highest BCUT2D eigenvalue weighted by Gasteiger charge is 2.52. The molecule has 2 rings (SSSR count). The molecule has 1 aliphatic heterocycles. The van der Waals surface area contributed by atoms with Crippen LogP contribution >= 0.6 is 0 Å². The van der Waals surface area contributed by atoms with E-state index in [4.69, 9.17) is 0 Å². The zero-order valence-electron chi connectivity index (χ0n) is 10.5. The Hall–Kier alpha value is -1.12. The number of likely N-dealkylation sites (N-methyl/N-ethyl adjacent to an activating group) is 1. The van der Waals surface area contributed by atoms with Gasteiger partial charge in [0.2, 0.25) is 5.91 Å². The van der Waals surface area contributed by atoms with Crippen molar-refractivity contribution in [3.8, 4) is 0 Å². The van der Waals surface area contributed by atoms with Crippen LogP contribution in [0.5, 0.6) is 0 Å². The maximum absolute atomic E-state index is 12.2. The van der Waals surface area contributed by atoms with Gasteiger partial charge >= 0.3 is 0 Å². The van der Waals surface area contributed by atoms with E-state index in [-0.39, 0.29) is 11.7 Å². The molecular formula is C13H19NO2. The van der Waals surface area contributed by atoms with Gasteiger partial charge in [0.15, 0.2) is 0 Å². The molecule has 0 N–H and O–H groups in total. The molecule has 3 nitrogen and oxygen atoms in total. The van der Waals surface area contributed by atoms with Gasteiger partial charge in [-0.05, 0) is 32.8 Å². The summed E-state index contributed by atoms with van der Waals surface area (Å²) >= 11 is 0. The van der Waals surface area contributed by atoms with Gasteiger partial charge in [0.1, 0.15) is 5.78 Å². The molecule has 0 bridgehead atoms. The monoisotopic (exact) mass is 221 g/mol. The van der Waals surface area contributed by atoms with Crippen LogP contribution in [0, 0.1) is 10.8 Å². The van der Waals surface area contributed by atoms with Crippen LogP contribution in [0.1, 0.15) is 33.6 Å². The second-order valence-electron chi connectivity index (χ2n) is 5.68. The molecule has 0 saturated heterocycles. The minimum atomic E-state index is -0.468. The summed E-state index contributed by atoms with van der Waals surface area (Å²) in [5.74, 6) is 0.416. The number of rotatable bonds is 0. The molecule has 0 radical (unpaired) electrons. The highest BCUT2D eigenvalue weighted by molar-refractivity contribution is 5.96. The van der Waals surface area contributed by atoms with Gasteiger partial charge in [0.25, 0.3) is 0 Å². The minimum absolute atomic E-state index is 0.158. The smallest absolute Gasteiger partial charge is 0.232 e. The van der Waals surface area contributed by atoms with E-state index in [1.165, 1.54) is 0 Å². The van der Waals surface area contributed by atoms with Gasteiger partial charge in [-0.25, -0.2) is 0 Å². The van der Waals surface area contributed by atoms with E-state index in [2.05, 4.69) is 6.08 Å². The lowest BCUT2D eigenvalue weighted by Gasteiger charge is -2.47. The summed E-state index contributed by atoms with van der Waals surface area (Å²) in [5.41, 5.74) is 0.105. The number of Topliss-reactive ketones (excluding diaryl/α,β-unsaturated/α-hetero) is 1. The first-order valence-electron chi connectivity index (χ1n) is 5.80. The molecule has 0 aromatic rings. The Kier molecular flexibility index (Phi) is 2.26. The Morgan fingerprint density at radius 1 is 1.25 bits per heavy atom. The SMILES string of the molecule is CN1CC=C2C(C)(C)C(=O)CCC2(C)C1=O. The van der Waals surface area contributed by atoms with E-state index in [0.717, 1.165) is 5.57 Å². The number of ketones is 1. The molecule has 1 atom stereocenters. The van der Waals surface area contributed by atoms with Crippen molar-refractivity contribution >= 4 is 11.7 Å². The number of fused-ring (bicyclic) bond motifs is 1. The summed E-state index contributed by atoms with van der Waals surface area (Å²) < 4.78 is 0. The number of carbonyl (C=O) groups excluding carboxylic acids is 2. The Balaban J connectivity index is 2.53. The molecule has 0 spiro atoms. The van der Waals surface area contributed by atoms with Gasteiger partial charge in [-0.1, -0.05) is 6.08 Å². The van der Waals surface area contributed by atoms with E-state index in [9.17, 15) is 9.59 Å². The predicted molar refractivity (Wildman–Crippen MR) is 61.8 cm³/mol. The van der Waals surface area contributed by atoms with Crippen molar-refractivity contribution in [1.82, 2.24) is 4.90 Å². The normalized spacial score (nSPS) is 33.5. The summed E-state index contributed by atoms with van der Waals surface area (Å²) in [7, 11) is 1.82. The summed E-state index contributed by atoms with van der Waals surface area (Å²) in [4.78, 5) is 25.9. The summed E-state index contributed by atoms with van der Waals surface area (Å²) in [5, 5.41) is 0. The molecule has 16 heavy (non-hydrogen) atoms. The maximum Gasteiger partial charge on any atom is 0.232 e. The van der Waals surface area contributed by atoms with Crippen molar-refractivity contribution < 1.29 is 9.59 Å². The van der Waals surface area contributed by atoms with Crippen LogP contribution in [-0.4, -0.2) is 30.2 Å². The lowest BCUT2D eigenvalue weighted by atomic mass is 9.58. The third kappa shape index (κ3) is 1.27. The molecule has 1 amide bonds. The molecule has 1 saturated carbocycles. The van der Waals surface area contributed by atoms with Crippen LogP contribution < -0.4 is 0 Å². The van der Waals surface area contributed by atoms with Crippen molar-refractivity contribution in [1.29, 1.82) is 0 Å². The van der Waals surface area contributed by atoms with Crippen LogP contribution in [-0.2, 0) is 9.59 Å². The van der Waals surface area contributed by atoms with E-state index < -0.39 is 10.8 Å². The van der Waals surface area contributed by atoms with Gasteiger partial charge in [-0.2, -0.15) is 0 Å². The maximum atomic E-state index is 12.2. The third-order valence-corrected chi connectivity index (χ3v) is 4.20. The highest BCUT2D eigenvalue weighted by Crippen LogP contribution is 2.50. The van der Waals surface area contributed by atoms with Crippen LogP contribution in [0.4, 0.5) is 0 Å². The van der Waals surface area contributed by atoms with Crippen LogP contribution in [0.3, 0.4) is 0 Å². The fraction of sp³-hybridized carbons (Fsp3) is 0.692.